The van der Waals surface area contributed by atoms with Crippen molar-refractivity contribution in [3.8, 4) is 5.69 Å². The van der Waals surface area contributed by atoms with E-state index in [1.54, 1.807) is 0 Å². The fraction of sp³-hybridized carbons (Fsp3) is 0.438. The first kappa shape index (κ1) is 13.8. The lowest BCUT2D eigenvalue weighted by Crippen LogP contribution is -2.07. The van der Waals surface area contributed by atoms with Crippen LogP contribution in [0.4, 0.5) is 0 Å². The van der Waals surface area contributed by atoms with E-state index in [0.29, 0.717) is 6.54 Å². The second kappa shape index (κ2) is 6.02. The highest BCUT2D eigenvalue weighted by atomic mass is 15.3. The molecule has 1 aromatic heterocycles. The van der Waals surface area contributed by atoms with Crippen LogP contribution in [0.15, 0.2) is 24.3 Å². The van der Waals surface area contributed by atoms with Gasteiger partial charge in [-0.1, -0.05) is 32.0 Å². The van der Waals surface area contributed by atoms with Crippen molar-refractivity contribution in [1.29, 1.82) is 0 Å². The van der Waals surface area contributed by atoms with Gasteiger partial charge in [0.2, 0.25) is 0 Å². The summed E-state index contributed by atoms with van der Waals surface area (Å²) in [7, 11) is 0. The second-order valence-electron chi connectivity index (χ2n) is 4.82. The van der Waals surface area contributed by atoms with Gasteiger partial charge in [0.25, 0.3) is 0 Å². The number of nitrogens with two attached hydrogens (primary N) is 1. The Morgan fingerprint density at radius 2 is 1.89 bits per heavy atom. The van der Waals surface area contributed by atoms with Crippen molar-refractivity contribution in [2.24, 2.45) is 5.73 Å². The van der Waals surface area contributed by atoms with E-state index in [1.807, 2.05) is 0 Å². The molecule has 2 rings (SSSR count). The maximum atomic E-state index is 5.75. The predicted octanol–water partition coefficient (Wildman–Crippen LogP) is 2.81. The average Bonchev–Trinajstić information content (AvgIpc) is 2.77. The third-order valence-electron chi connectivity index (χ3n) is 3.58. The highest BCUT2D eigenvalue weighted by molar-refractivity contribution is 5.43. The molecule has 0 aliphatic rings. The first-order valence-corrected chi connectivity index (χ1v) is 7.08. The molecule has 2 N–H and O–H groups in total. The van der Waals surface area contributed by atoms with Crippen molar-refractivity contribution in [2.45, 2.75) is 40.0 Å². The number of rotatable bonds is 5. The van der Waals surface area contributed by atoms with E-state index in [1.165, 1.54) is 28.2 Å². The third kappa shape index (κ3) is 2.56. The van der Waals surface area contributed by atoms with Crippen molar-refractivity contribution in [1.82, 2.24) is 9.78 Å². The van der Waals surface area contributed by atoms with Gasteiger partial charge in [-0.05, 0) is 49.9 Å². The second-order valence-corrected chi connectivity index (χ2v) is 4.82. The highest BCUT2D eigenvalue weighted by Crippen LogP contribution is 2.22. The van der Waals surface area contributed by atoms with Crippen LogP contribution < -0.4 is 5.73 Å². The van der Waals surface area contributed by atoms with Crippen LogP contribution in [-0.4, -0.2) is 16.3 Å². The minimum atomic E-state index is 0.680. The maximum absolute atomic E-state index is 5.75. The van der Waals surface area contributed by atoms with Gasteiger partial charge >= 0.3 is 0 Å². The summed E-state index contributed by atoms with van der Waals surface area (Å²) in [5.74, 6) is 0. The molecule has 0 aliphatic carbocycles. The molecule has 0 bridgehead atoms. The smallest absolute Gasteiger partial charge is 0.0678 e. The zero-order valence-electron chi connectivity index (χ0n) is 12.1. The monoisotopic (exact) mass is 257 g/mol. The number of hydrogen-bond donors (Lipinski definition) is 1. The molecule has 0 radical (unpaired) electrons. The van der Waals surface area contributed by atoms with Crippen molar-refractivity contribution in [3.05, 3.63) is 46.8 Å². The Hall–Kier alpha value is -1.61. The van der Waals surface area contributed by atoms with E-state index < -0.39 is 0 Å². The van der Waals surface area contributed by atoms with E-state index >= 15 is 0 Å². The number of para-hydroxylation sites is 1. The van der Waals surface area contributed by atoms with Crippen molar-refractivity contribution in [2.75, 3.05) is 6.54 Å². The standard InChI is InChI=1S/C16H23N3/c1-4-14-13(10-11-17)15(5-2)19(18-14)16-9-7-6-8-12(16)3/h6-9H,4-5,10-11,17H2,1-3H3. The van der Waals surface area contributed by atoms with E-state index in [4.69, 9.17) is 10.8 Å². The number of benzene rings is 1. The van der Waals surface area contributed by atoms with Gasteiger partial charge in [-0.25, -0.2) is 4.68 Å². The van der Waals surface area contributed by atoms with E-state index in [0.717, 1.165) is 19.3 Å². The fourth-order valence-corrected chi connectivity index (χ4v) is 2.62. The van der Waals surface area contributed by atoms with Gasteiger partial charge in [0.15, 0.2) is 0 Å². The van der Waals surface area contributed by atoms with Crippen molar-refractivity contribution >= 4 is 0 Å². The minimum absolute atomic E-state index is 0.680. The summed E-state index contributed by atoms with van der Waals surface area (Å²) in [6.07, 6.45) is 2.86. The van der Waals surface area contributed by atoms with Crippen LogP contribution in [0.5, 0.6) is 0 Å². The van der Waals surface area contributed by atoms with Crippen LogP contribution in [0.25, 0.3) is 5.69 Å². The van der Waals surface area contributed by atoms with E-state index in [-0.39, 0.29) is 0 Å². The van der Waals surface area contributed by atoms with Gasteiger partial charge < -0.3 is 5.73 Å². The number of hydrogen-bond acceptors (Lipinski definition) is 2. The lowest BCUT2D eigenvalue weighted by molar-refractivity contribution is 0.788. The minimum Gasteiger partial charge on any atom is -0.330 e. The summed E-state index contributed by atoms with van der Waals surface area (Å²) in [6, 6.07) is 8.39. The Kier molecular flexibility index (Phi) is 4.38. The lowest BCUT2D eigenvalue weighted by Gasteiger charge is -2.10. The average molecular weight is 257 g/mol. The van der Waals surface area contributed by atoms with Gasteiger partial charge in [-0.15, -0.1) is 0 Å². The van der Waals surface area contributed by atoms with E-state index in [9.17, 15) is 0 Å². The summed E-state index contributed by atoms with van der Waals surface area (Å²) in [5, 5.41) is 4.81. The van der Waals surface area contributed by atoms with Gasteiger partial charge in [0, 0.05) is 5.69 Å². The first-order valence-electron chi connectivity index (χ1n) is 7.08. The molecule has 1 aromatic carbocycles. The van der Waals surface area contributed by atoms with Crippen LogP contribution in [0.2, 0.25) is 0 Å². The molecular weight excluding hydrogens is 234 g/mol. The molecule has 0 unspecified atom stereocenters. The normalized spacial score (nSPS) is 10.9. The fourth-order valence-electron chi connectivity index (χ4n) is 2.62. The molecule has 0 spiro atoms. The zero-order valence-corrected chi connectivity index (χ0v) is 12.1. The SMILES string of the molecule is CCc1nn(-c2ccccc2C)c(CC)c1CCN. The number of aromatic nitrogens is 2. The topological polar surface area (TPSA) is 43.8 Å². The molecule has 0 fully saturated rings. The molecule has 0 saturated heterocycles. The number of nitrogens with zero attached hydrogens (tertiary/aromatic N) is 2. The summed E-state index contributed by atoms with van der Waals surface area (Å²) in [6.45, 7) is 7.15. The van der Waals surface area contributed by atoms with Gasteiger partial charge in [-0.2, -0.15) is 5.10 Å². The van der Waals surface area contributed by atoms with Gasteiger partial charge in [0.1, 0.15) is 0 Å². The molecule has 0 saturated carbocycles. The Labute approximate surface area is 115 Å². The Morgan fingerprint density at radius 3 is 2.47 bits per heavy atom. The van der Waals surface area contributed by atoms with Crippen molar-refractivity contribution < 1.29 is 0 Å². The first-order chi connectivity index (χ1) is 9.22. The summed E-state index contributed by atoms with van der Waals surface area (Å²) >= 11 is 0. The van der Waals surface area contributed by atoms with Crippen LogP contribution in [0.1, 0.15) is 36.4 Å². The van der Waals surface area contributed by atoms with Gasteiger partial charge in [0.05, 0.1) is 11.4 Å². The molecule has 0 aliphatic heterocycles. The summed E-state index contributed by atoms with van der Waals surface area (Å²) in [4.78, 5) is 0. The summed E-state index contributed by atoms with van der Waals surface area (Å²) < 4.78 is 2.11. The highest BCUT2D eigenvalue weighted by Gasteiger charge is 2.16. The van der Waals surface area contributed by atoms with Crippen LogP contribution in [-0.2, 0) is 19.3 Å². The largest absolute Gasteiger partial charge is 0.330 e. The Bertz CT molecular complexity index is 555. The molecule has 0 atom stereocenters. The predicted molar refractivity (Wildman–Crippen MR) is 79.8 cm³/mol. The molecule has 19 heavy (non-hydrogen) atoms. The van der Waals surface area contributed by atoms with Crippen LogP contribution >= 0.6 is 0 Å². The quantitative estimate of drug-likeness (QED) is 0.895. The lowest BCUT2D eigenvalue weighted by atomic mass is 10.1. The Morgan fingerprint density at radius 1 is 1.16 bits per heavy atom. The molecule has 2 aromatic rings. The van der Waals surface area contributed by atoms with Crippen molar-refractivity contribution in [3.63, 3.8) is 0 Å². The molecule has 3 nitrogen and oxygen atoms in total. The molecular formula is C16H23N3. The molecule has 1 heterocycles. The molecule has 0 amide bonds. The maximum Gasteiger partial charge on any atom is 0.0678 e. The number of aryl methyl sites for hydroxylation is 2. The Balaban J connectivity index is 2.60. The molecule has 3 heteroatoms. The zero-order chi connectivity index (χ0) is 13.8. The van der Waals surface area contributed by atoms with Gasteiger partial charge in [-0.3, -0.25) is 0 Å². The third-order valence-corrected chi connectivity index (χ3v) is 3.58. The van der Waals surface area contributed by atoms with E-state index in [2.05, 4.69) is 49.7 Å². The van der Waals surface area contributed by atoms with Crippen LogP contribution in [0.3, 0.4) is 0 Å². The molecule has 102 valence electrons. The summed E-state index contributed by atoms with van der Waals surface area (Å²) in [5.41, 5.74) is 12.0. The van der Waals surface area contributed by atoms with Crippen LogP contribution in [0, 0.1) is 6.92 Å².